The molecule has 3 aliphatic rings. The summed E-state index contributed by atoms with van der Waals surface area (Å²) in [6, 6.07) is 9.82. The molecule has 0 radical (unpaired) electrons. The molecule has 6 atom stereocenters. The molecular formula is C47H63N9O8S. The predicted molar refractivity (Wildman–Crippen MR) is 246 cm³/mol. The van der Waals surface area contributed by atoms with E-state index in [4.69, 9.17) is 5.73 Å². The number of nitrogens with one attached hydrogen (secondary N) is 7. The fourth-order valence-corrected chi connectivity index (χ4v) is 10.2. The summed E-state index contributed by atoms with van der Waals surface area (Å²) in [5.74, 6) is -3.54. The number of benzene rings is 2. The van der Waals surface area contributed by atoms with E-state index in [-0.39, 0.29) is 64.1 Å². The van der Waals surface area contributed by atoms with Crippen LogP contribution in [0.15, 0.2) is 60.0 Å². The number of amides is 9. The van der Waals surface area contributed by atoms with Crippen molar-refractivity contribution in [1.29, 1.82) is 0 Å². The molecule has 2 saturated heterocycles. The smallest absolute Gasteiger partial charge is 0.312 e. The summed E-state index contributed by atoms with van der Waals surface area (Å²) in [6.07, 6.45) is 6.94. The topological polar surface area (TPSA) is 250 Å². The highest BCUT2D eigenvalue weighted by Crippen LogP contribution is 2.29. The molecule has 3 fully saturated rings. The van der Waals surface area contributed by atoms with Gasteiger partial charge in [0.25, 0.3) is 0 Å². The lowest BCUT2D eigenvalue weighted by molar-refractivity contribution is -0.142. The summed E-state index contributed by atoms with van der Waals surface area (Å²) in [7, 11) is 0. The highest BCUT2D eigenvalue weighted by atomic mass is 32.1. The van der Waals surface area contributed by atoms with Gasteiger partial charge in [0, 0.05) is 44.1 Å². The van der Waals surface area contributed by atoms with Gasteiger partial charge in [0.1, 0.15) is 36.3 Å². The maximum Gasteiger partial charge on any atom is 0.312 e. The van der Waals surface area contributed by atoms with Gasteiger partial charge < -0.3 is 47.9 Å². The second-order valence-electron chi connectivity index (χ2n) is 17.4. The minimum Gasteiger partial charge on any atom is -0.354 e. The number of carbonyl (C=O) groups is 8. The molecule has 0 bridgehead atoms. The van der Waals surface area contributed by atoms with Gasteiger partial charge in [-0.15, -0.1) is 11.3 Å². The first kappa shape index (κ1) is 48.4. The Hall–Kier alpha value is -6.04. The van der Waals surface area contributed by atoms with Crippen molar-refractivity contribution in [3.8, 4) is 0 Å². The number of nitrogens with two attached hydrogens (primary N) is 1. The molecule has 17 nitrogen and oxygen atoms in total. The van der Waals surface area contributed by atoms with Gasteiger partial charge >= 0.3 is 6.03 Å². The largest absolute Gasteiger partial charge is 0.354 e. The number of fused-ring (bicyclic) bond motifs is 2. The molecule has 9 amide bonds. The third kappa shape index (κ3) is 14.0. The normalized spacial score (nSPS) is 23.4. The van der Waals surface area contributed by atoms with Crippen LogP contribution in [0, 0.1) is 5.92 Å². The highest BCUT2D eigenvalue weighted by molar-refractivity contribution is 7.17. The van der Waals surface area contributed by atoms with Gasteiger partial charge in [-0.1, -0.05) is 80.6 Å². The first-order chi connectivity index (χ1) is 31.4. The fraction of sp³-hybridized carbons (Fsp3) is 0.532. The predicted octanol–water partition coefficient (Wildman–Crippen LogP) is 2.45. The number of nitrogens with zero attached hydrogens (tertiary/aromatic N) is 1. The highest BCUT2D eigenvalue weighted by Gasteiger charge is 2.40. The molecule has 6 rings (SSSR count). The average molecular weight is 914 g/mol. The summed E-state index contributed by atoms with van der Waals surface area (Å²) in [5, 5.41) is 22.6. The van der Waals surface area contributed by atoms with Gasteiger partial charge in [0.05, 0.1) is 0 Å². The van der Waals surface area contributed by atoms with Crippen LogP contribution in [-0.2, 0) is 46.4 Å². The van der Waals surface area contributed by atoms with E-state index >= 15 is 0 Å². The number of primary amides is 1. The van der Waals surface area contributed by atoms with Crippen molar-refractivity contribution in [3.63, 3.8) is 0 Å². The zero-order chi connectivity index (χ0) is 46.3. The van der Waals surface area contributed by atoms with Crippen LogP contribution in [0.1, 0.15) is 95.1 Å². The van der Waals surface area contributed by atoms with Gasteiger partial charge in [0.2, 0.25) is 41.4 Å². The van der Waals surface area contributed by atoms with Gasteiger partial charge in [-0.05, 0) is 78.8 Å². The van der Waals surface area contributed by atoms with Crippen LogP contribution in [0.25, 0.3) is 10.1 Å². The van der Waals surface area contributed by atoms with Crippen molar-refractivity contribution in [1.82, 2.24) is 42.1 Å². The van der Waals surface area contributed by atoms with Crippen molar-refractivity contribution >= 4 is 68.8 Å². The molecule has 65 heavy (non-hydrogen) atoms. The SMILES string of the molecule is CC(=O)N[C@@H](Cc1ccccc1)C(=O)N[C@H]1CCCNC(=O)[C@H](CCCNC(N)=O)NC(=O)[C@H](Cc2csc3ccccc23)NC(=O)[C@H](CC2CCCCC2)NC(=O)[C@@H]2CCCN2C1=O. The molecule has 3 aromatic rings. The second-order valence-corrected chi connectivity index (χ2v) is 18.4. The number of hydrogen-bond acceptors (Lipinski definition) is 9. The molecule has 2 aromatic carbocycles. The van der Waals surface area contributed by atoms with Crippen molar-refractivity contribution in [3.05, 3.63) is 71.1 Å². The molecule has 1 saturated carbocycles. The van der Waals surface area contributed by atoms with Gasteiger partial charge in [-0.25, -0.2) is 4.79 Å². The molecule has 18 heteroatoms. The lowest BCUT2D eigenvalue weighted by Crippen LogP contribution is -2.60. The number of rotatable bonds is 13. The van der Waals surface area contributed by atoms with E-state index < -0.39 is 83.6 Å². The molecule has 2 aliphatic heterocycles. The van der Waals surface area contributed by atoms with E-state index in [0.717, 1.165) is 53.3 Å². The van der Waals surface area contributed by atoms with Crippen LogP contribution in [0.3, 0.4) is 0 Å². The fourth-order valence-electron chi connectivity index (χ4n) is 9.19. The average Bonchev–Trinajstić information content (AvgIpc) is 3.95. The Bertz CT molecular complexity index is 2160. The Labute approximate surface area is 383 Å². The van der Waals surface area contributed by atoms with Crippen LogP contribution >= 0.6 is 11.3 Å². The summed E-state index contributed by atoms with van der Waals surface area (Å²) in [4.78, 5) is 111. The number of urea groups is 1. The monoisotopic (exact) mass is 913 g/mol. The molecule has 9 N–H and O–H groups in total. The maximum atomic E-state index is 14.6. The Morgan fingerprint density at radius 3 is 2.26 bits per heavy atom. The van der Waals surface area contributed by atoms with Crippen LogP contribution in [-0.4, -0.2) is 108 Å². The van der Waals surface area contributed by atoms with E-state index in [2.05, 4.69) is 37.2 Å². The van der Waals surface area contributed by atoms with Crippen LogP contribution < -0.4 is 43.0 Å². The maximum absolute atomic E-state index is 14.6. The van der Waals surface area contributed by atoms with Crippen molar-refractivity contribution in [2.75, 3.05) is 19.6 Å². The molecule has 350 valence electrons. The summed E-state index contributed by atoms with van der Waals surface area (Å²) in [6.45, 7) is 1.74. The van der Waals surface area contributed by atoms with Gasteiger partial charge in [-0.3, -0.25) is 33.6 Å². The Balaban J connectivity index is 1.31. The molecule has 3 heterocycles. The summed E-state index contributed by atoms with van der Waals surface area (Å²) < 4.78 is 1.01. The van der Waals surface area contributed by atoms with Gasteiger partial charge in [0.15, 0.2) is 0 Å². The summed E-state index contributed by atoms with van der Waals surface area (Å²) >= 11 is 1.51. The third-order valence-electron chi connectivity index (χ3n) is 12.5. The van der Waals surface area contributed by atoms with Crippen molar-refractivity contribution < 1.29 is 38.4 Å². The Morgan fingerprint density at radius 1 is 0.800 bits per heavy atom. The van der Waals surface area contributed by atoms with E-state index in [0.29, 0.717) is 19.3 Å². The number of carbonyl (C=O) groups excluding carboxylic acids is 8. The lowest BCUT2D eigenvalue weighted by Gasteiger charge is -2.32. The van der Waals surface area contributed by atoms with Crippen LogP contribution in [0.2, 0.25) is 0 Å². The number of thiophene rings is 1. The molecule has 0 unspecified atom stereocenters. The van der Waals surface area contributed by atoms with Crippen LogP contribution in [0.4, 0.5) is 4.79 Å². The Kier molecular flexibility index (Phi) is 17.7. The van der Waals surface area contributed by atoms with E-state index in [1.54, 1.807) is 0 Å². The summed E-state index contributed by atoms with van der Waals surface area (Å²) in [5.41, 5.74) is 6.90. The number of hydrogen-bond donors (Lipinski definition) is 8. The first-order valence-corrected chi connectivity index (χ1v) is 23.8. The third-order valence-corrected chi connectivity index (χ3v) is 13.6. The minimum absolute atomic E-state index is 0.0529. The van der Waals surface area contributed by atoms with E-state index in [9.17, 15) is 38.4 Å². The Morgan fingerprint density at radius 2 is 1.51 bits per heavy atom. The van der Waals surface area contributed by atoms with E-state index in [1.807, 2.05) is 60.0 Å². The minimum atomic E-state index is -1.14. The second kappa shape index (κ2) is 23.8. The molecule has 1 aliphatic carbocycles. The molecule has 1 aromatic heterocycles. The zero-order valence-electron chi connectivity index (χ0n) is 37.0. The standard InChI is InChI=1S/C47H63N9O8S/c1-29(57)51-36(25-30-13-4-2-5-14-30)42(59)53-35-19-11-22-49-41(58)34(18-10-23-50-47(48)64)52-44(61)38(27-32-28-65-40-21-9-8-17-33(32)40)54-43(60)37(26-31-15-6-3-7-16-31)55-45(62)39-20-12-24-56(39)46(35)63/h2,4-5,8-9,13-14,17,21,28,31,34-39H,3,6-7,10-12,15-16,18-20,22-27H2,1H3,(H,49,58)(H,51,57)(H,52,61)(H,53,59)(H,54,60)(H,55,62)(H3,48,50,64)/t34-,35-,36-,37-,38-,39-/m0/s1. The van der Waals surface area contributed by atoms with Crippen molar-refractivity contribution in [2.45, 2.75) is 133 Å². The lowest BCUT2D eigenvalue weighted by atomic mass is 9.84. The van der Waals surface area contributed by atoms with Gasteiger partial charge in [-0.2, -0.15) is 0 Å². The van der Waals surface area contributed by atoms with Crippen LogP contribution in [0.5, 0.6) is 0 Å². The molecule has 0 spiro atoms. The first-order valence-electron chi connectivity index (χ1n) is 23.0. The van der Waals surface area contributed by atoms with Crippen molar-refractivity contribution in [2.24, 2.45) is 11.7 Å². The quantitative estimate of drug-likeness (QED) is 0.118. The zero-order valence-corrected chi connectivity index (χ0v) is 37.9. The molecular weight excluding hydrogens is 851 g/mol. The van der Waals surface area contributed by atoms with E-state index in [1.165, 1.54) is 23.2 Å².